The number of rotatable bonds is 5. The predicted molar refractivity (Wildman–Crippen MR) is 69.2 cm³/mol. The molecule has 1 aliphatic rings. The fourth-order valence-corrected chi connectivity index (χ4v) is 1.73. The molecule has 2 amide bonds. The van der Waals surface area contributed by atoms with Crippen molar-refractivity contribution < 1.29 is 9.59 Å². The molecule has 0 bridgehead atoms. The Labute approximate surface area is 109 Å². The summed E-state index contributed by atoms with van der Waals surface area (Å²) < 4.78 is 0. The number of amides is 2. The van der Waals surface area contributed by atoms with E-state index in [0.717, 1.165) is 19.4 Å². The molecule has 1 atom stereocenters. The van der Waals surface area contributed by atoms with Crippen LogP contribution in [-0.2, 0) is 9.59 Å². The second kappa shape index (κ2) is 8.31. The molecule has 1 fully saturated rings. The Morgan fingerprint density at radius 1 is 1.41 bits per heavy atom. The zero-order chi connectivity index (χ0) is 12.0. The molecule has 5 nitrogen and oxygen atoms in total. The average molecular weight is 264 g/mol. The van der Waals surface area contributed by atoms with Gasteiger partial charge in [-0.1, -0.05) is 0 Å². The molecule has 1 unspecified atom stereocenters. The van der Waals surface area contributed by atoms with Crippen LogP contribution in [0.2, 0.25) is 0 Å². The molecule has 0 aromatic carbocycles. The van der Waals surface area contributed by atoms with Crippen molar-refractivity contribution in [2.75, 3.05) is 27.2 Å². The third kappa shape index (κ3) is 6.48. The molecule has 0 aliphatic carbocycles. The maximum Gasteiger partial charge on any atom is 0.241 e. The normalized spacial score (nSPS) is 18.4. The smallest absolute Gasteiger partial charge is 0.241 e. The van der Waals surface area contributed by atoms with Crippen LogP contribution in [0.5, 0.6) is 0 Å². The number of hydrogen-bond acceptors (Lipinski definition) is 3. The zero-order valence-corrected chi connectivity index (χ0v) is 11.3. The second-order valence-electron chi connectivity index (χ2n) is 4.40. The van der Waals surface area contributed by atoms with Crippen molar-refractivity contribution in [3.63, 3.8) is 0 Å². The van der Waals surface area contributed by atoms with Gasteiger partial charge >= 0.3 is 0 Å². The van der Waals surface area contributed by atoms with E-state index >= 15 is 0 Å². The highest BCUT2D eigenvalue weighted by atomic mass is 35.5. The Kier molecular flexibility index (Phi) is 7.91. The molecule has 17 heavy (non-hydrogen) atoms. The number of halogens is 1. The van der Waals surface area contributed by atoms with Crippen LogP contribution in [0.1, 0.15) is 25.7 Å². The first-order valence-corrected chi connectivity index (χ1v) is 5.80. The minimum atomic E-state index is -0.0765. The fraction of sp³-hybridized carbons (Fsp3) is 0.818. The van der Waals surface area contributed by atoms with Crippen LogP contribution in [0.25, 0.3) is 0 Å². The summed E-state index contributed by atoms with van der Waals surface area (Å²) in [5.41, 5.74) is 0. The highest BCUT2D eigenvalue weighted by molar-refractivity contribution is 5.85. The van der Waals surface area contributed by atoms with E-state index in [1.54, 1.807) is 14.1 Å². The molecule has 6 heteroatoms. The van der Waals surface area contributed by atoms with Gasteiger partial charge < -0.3 is 15.5 Å². The van der Waals surface area contributed by atoms with Crippen LogP contribution in [0.3, 0.4) is 0 Å². The van der Waals surface area contributed by atoms with Gasteiger partial charge in [-0.25, -0.2) is 0 Å². The molecule has 2 N–H and O–H groups in total. The summed E-state index contributed by atoms with van der Waals surface area (Å²) in [6.45, 7) is 1.16. The summed E-state index contributed by atoms with van der Waals surface area (Å²) >= 11 is 0. The topological polar surface area (TPSA) is 61.4 Å². The van der Waals surface area contributed by atoms with Crippen LogP contribution in [0, 0.1) is 0 Å². The number of likely N-dealkylation sites (N-methyl/N-ethyl adjacent to an activating group) is 1. The Hall–Kier alpha value is -0.810. The van der Waals surface area contributed by atoms with Gasteiger partial charge in [-0.2, -0.15) is 0 Å². The Morgan fingerprint density at radius 2 is 2.12 bits per heavy atom. The minimum Gasteiger partial charge on any atom is -0.347 e. The van der Waals surface area contributed by atoms with Crippen molar-refractivity contribution in [3.05, 3.63) is 0 Å². The van der Waals surface area contributed by atoms with E-state index in [4.69, 9.17) is 0 Å². The van der Waals surface area contributed by atoms with E-state index in [1.165, 1.54) is 11.3 Å². The monoisotopic (exact) mass is 263 g/mol. The molecule has 0 aromatic heterocycles. The minimum absolute atomic E-state index is 0. The van der Waals surface area contributed by atoms with Crippen LogP contribution in [0.15, 0.2) is 0 Å². The Bertz CT molecular complexity index is 253. The lowest BCUT2D eigenvalue weighted by molar-refractivity contribution is -0.130. The lowest BCUT2D eigenvalue weighted by Gasteiger charge is -2.12. The lowest BCUT2D eigenvalue weighted by Crippen LogP contribution is -2.36. The maximum absolute atomic E-state index is 11.4. The molecule has 1 rings (SSSR count). The van der Waals surface area contributed by atoms with Crippen molar-refractivity contribution in [2.45, 2.75) is 31.7 Å². The largest absolute Gasteiger partial charge is 0.347 e. The standard InChI is InChI=1S/C11H21N3O2.ClH/c1-14(2)11(16)8-13-10(15)6-5-9-4-3-7-12-9;/h9,12H,3-8H2,1-2H3,(H,13,15);1H. The molecular weight excluding hydrogens is 242 g/mol. The predicted octanol–water partition coefficient (Wildman–Crippen LogP) is 0.145. The molecule has 100 valence electrons. The lowest BCUT2D eigenvalue weighted by atomic mass is 10.1. The van der Waals surface area contributed by atoms with Crippen LogP contribution < -0.4 is 10.6 Å². The SMILES string of the molecule is CN(C)C(=O)CNC(=O)CCC1CCCN1.Cl. The highest BCUT2D eigenvalue weighted by Gasteiger charge is 2.15. The van der Waals surface area contributed by atoms with Crippen molar-refractivity contribution in [3.8, 4) is 0 Å². The van der Waals surface area contributed by atoms with E-state index in [0.29, 0.717) is 12.5 Å². The van der Waals surface area contributed by atoms with E-state index in [-0.39, 0.29) is 30.8 Å². The summed E-state index contributed by atoms with van der Waals surface area (Å²) in [6, 6.07) is 0.482. The third-order valence-corrected chi connectivity index (χ3v) is 2.82. The number of hydrogen-bond donors (Lipinski definition) is 2. The molecular formula is C11H22ClN3O2. The third-order valence-electron chi connectivity index (χ3n) is 2.82. The van der Waals surface area contributed by atoms with Crippen LogP contribution >= 0.6 is 12.4 Å². The van der Waals surface area contributed by atoms with Gasteiger partial charge in [-0.3, -0.25) is 9.59 Å². The van der Waals surface area contributed by atoms with E-state index in [9.17, 15) is 9.59 Å². The van der Waals surface area contributed by atoms with Crippen molar-refractivity contribution in [1.29, 1.82) is 0 Å². The van der Waals surface area contributed by atoms with Crippen molar-refractivity contribution in [1.82, 2.24) is 15.5 Å². The molecule has 1 heterocycles. The highest BCUT2D eigenvalue weighted by Crippen LogP contribution is 2.10. The first kappa shape index (κ1) is 16.2. The number of nitrogens with one attached hydrogen (secondary N) is 2. The van der Waals surface area contributed by atoms with Gasteiger partial charge in [0.1, 0.15) is 0 Å². The van der Waals surface area contributed by atoms with Gasteiger partial charge in [0, 0.05) is 26.6 Å². The molecule has 0 saturated carbocycles. The summed E-state index contributed by atoms with van der Waals surface area (Å²) in [7, 11) is 3.36. The number of carbonyl (C=O) groups excluding carboxylic acids is 2. The Morgan fingerprint density at radius 3 is 2.65 bits per heavy atom. The van der Waals surface area contributed by atoms with Gasteiger partial charge in [0.15, 0.2) is 0 Å². The zero-order valence-electron chi connectivity index (χ0n) is 10.5. The van der Waals surface area contributed by atoms with Crippen LogP contribution in [-0.4, -0.2) is 49.9 Å². The quantitative estimate of drug-likeness (QED) is 0.742. The van der Waals surface area contributed by atoms with Gasteiger partial charge in [0.05, 0.1) is 6.54 Å². The summed E-state index contributed by atoms with van der Waals surface area (Å²) in [5.74, 6) is -0.115. The maximum atomic E-state index is 11.4. The fourth-order valence-electron chi connectivity index (χ4n) is 1.73. The molecule has 0 radical (unpaired) electrons. The molecule has 0 aromatic rings. The number of nitrogens with zero attached hydrogens (tertiary/aromatic N) is 1. The second-order valence-corrected chi connectivity index (χ2v) is 4.40. The van der Waals surface area contributed by atoms with E-state index in [1.807, 2.05) is 0 Å². The van der Waals surface area contributed by atoms with Crippen molar-refractivity contribution in [2.24, 2.45) is 0 Å². The van der Waals surface area contributed by atoms with Crippen LogP contribution in [0.4, 0.5) is 0 Å². The summed E-state index contributed by atoms with van der Waals surface area (Å²) in [5, 5.41) is 5.97. The summed E-state index contributed by atoms with van der Waals surface area (Å²) in [4.78, 5) is 24.1. The van der Waals surface area contributed by atoms with Gasteiger partial charge in [-0.05, 0) is 25.8 Å². The number of carbonyl (C=O) groups is 2. The Balaban J connectivity index is 0.00000256. The molecule has 1 aliphatic heterocycles. The van der Waals surface area contributed by atoms with Crippen molar-refractivity contribution >= 4 is 24.2 Å². The summed E-state index contributed by atoms with van der Waals surface area (Å²) in [6.07, 6.45) is 3.72. The van der Waals surface area contributed by atoms with E-state index in [2.05, 4.69) is 10.6 Å². The first-order chi connectivity index (χ1) is 7.59. The first-order valence-electron chi connectivity index (χ1n) is 5.80. The van der Waals surface area contributed by atoms with Gasteiger partial charge in [-0.15, -0.1) is 12.4 Å². The van der Waals surface area contributed by atoms with Gasteiger partial charge in [0.2, 0.25) is 11.8 Å². The van der Waals surface area contributed by atoms with Gasteiger partial charge in [0.25, 0.3) is 0 Å². The molecule has 0 spiro atoms. The van der Waals surface area contributed by atoms with E-state index < -0.39 is 0 Å². The average Bonchev–Trinajstić information content (AvgIpc) is 2.75. The molecule has 1 saturated heterocycles.